The van der Waals surface area contributed by atoms with Crippen LogP contribution in [0.1, 0.15) is 53.9 Å². The molecule has 0 aromatic heterocycles. The summed E-state index contributed by atoms with van der Waals surface area (Å²) in [6.07, 6.45) is 2.69. The summed E-state index contributed by atoms with van der Waals surface area (Å²) in [5.41, 5.74) is -0.635. The van der Waals surface area contributed by atoms with Crippen molar-refractivity contribution in [1.82, 2.24) is 5.32 Å². The molecule has 0 amide bonds. The summed E-state index contributed by atoms with van der Waals surface area (Å²) < 4.78 is 10.7. The number of ether oxygens (including phenoxy) is 2. The number of nitrogens with one attached hydrogen (secondary N) is 1. The van der Waals surface area contributed by atoms with Gasteiger partial charge in [-0.05, 0) is 45.6 Å². The van der Waals surface area contributed by atoms with E-state index in [1.165, 1.54) is 0 Å². The van der Waals surface area contributed by atoms with Gasteiger partial charge in [-0.25, -0.2) is 0 Å². The van der Waals surface area contributed by atoms with Crippen LogP contribution in [0.2, 0.25) is 0 Å². The first-order valence-electron chi connectivity index (χ1n) is 7.46. The molecule has 0 aliphatic heterocycles. The third kappa shape index (κ3) is 8.22. The van der Waals surface area contributed by atoms with Gasteiger partial charge in [0.25, 0.3) is 0 Å². The van der Waals surface area contributed by atoms with Gasteiger partial charge in [0.05, 0.1) is 6.61 Å². The third-order valence-corrected chi connectivity index (χ3v) is 3.08. The zero-order chi connectivity index (χ0) is 14.7. The van der Waals surface area contributed by atoms with Crippen LogP contribution in [-0.4, -0.2) is 37.9 Å². The summed E-state index contributed by atoms with van der Waals surface area (Å²) in [7, 11) is 0. The Balaban J connectivity index is 4.15. The molecule has 0 aliphatic rings. The maximum Gasteiger partial charge on any atom is 0.326 e. The second-order valence-corrected chi connectivity index (χ2v) is 5.52. The molecule has 0 fully saturated rings. The van der Waals surface area contributed by atoms with Crippen molar-refractivity contribution in [3.05, 3.63) is 0 Å². The fraction of sp³-hybridized carbons (Fsp3) is 0.933. The maximum atomic E-state index is 12.0. The molecule has 0 spiro atoms. The third-order valence-electron chi connectivity index (χ3n) is 3.08. The van der Waals surface area contributed by atoms with Gasteiger partial charge >= 0.3 is 5.97 Å². The number of carbonyl (C=O) groups excluding carboxylic acids is 1. The molecule has 0 saturated heterocycles. The van der Waals surface area contributed by atoms with Gasteiger partial charge in [0.2, 0.25) is 0 Å². The maximum absolute atomic E-state index is 12.0. The normalized spacial score (nSPS) is 14.4. The van der Waals surface area contributed by atoms with Gasteiger partial charge in [0, 0.05) is 13.2 Å². The van der Waals surface area contributed by atoms with Gasteiger partial charge < -0.3 is 14.8 Å². The van der Waals surface area contributed by atoms with Crippen molar-refractivity contribution in [2.75, 3.05) is 26.4 Å². The van der Waals surface area contributed by atoms with Crippen LogP contribution in [0.4, 0.5) is 0 Å². The van der Waals surface area contributed by atoms with E-state index in [-0.39, 0.29) is 5.97 Å². The number of carbonyl (C=O) groups is 1. The van der Waals surface area contributed by atoms with Crippen LogP contribution in [0.15, 0.2) is 0 Å². The molecule has 0 heterocycles. The summed E-state index contributed by atoms with van der Waals surface area (Å²) >= 11 is 0. The van der Waals surface area contributed by atoms with Gasteiger partial charge in [0.15, 0.2) is 0 Å². The van der Waals surface area contributed by atoms with E-state index >= 15 is 0 Å². The highest BCUT2D eigenvalue weighted by atomic mass is 16.5. The lowest BCUT2D eigenvalue weighted by Gasteiger charge is -2.28. The zero-order valence-corrected chi connectivity index (χ0v) is 13.3. The molecular weight excluding hydrogens is 242 g/mol. The Morgan fingerprint density at radius 1 is 1.26 bits per heavy atom. The highest BCUT2D eigenvalue weighted by Crippen LogP contribution is 2.13. The molecule has 114 valence electrons. The standard InChI is InChI=1S/C15H31NO3/c1-6-10-16-15(5,14(17)19-7-2)9-12-18-11-8-13(3)4/h13,16H,6-12H2,1-5H3. The van der Waals surface area contributed by atoms with Gasteiger partial charge in [-0.15, -0.1) is 0 Å². The van der Waals surface area contributed by atoms with Crippen LogP contribution in [0.25, 0.3) is 0 Å². The Morgan fingerprint density at radius 2 is 1.95 bits per heavy atom. The highest BCUT2D eigenvalue weighted by molar-refractivity contribution is 5.80. The molecule has 0 aromatic rings. The number of esters is 1. The smallest absolute Gasteiger partial charge is 0.326 e. The lowest BCUT2D eigenvalue weighted by Crippen LogP contribution is -2.51. The average molecular weight is 273 g/mol. The van der Waals surface area contributed by atoms with Crippen molar-refractivity contribution in [1.29, 1.82) is 0 Å². The van der Waals surface area contributed by atoms with Gasteiger partial charge in [-0.2, -0.15) is 0 Å². The quantitative estimate of drug-likeness (QED) is 0.464. The topological polar surface area (TPSA) is 47.6 Å². The summed E-state index contributed by atoms with van der Waals surface area (Å²) in [6, 6.07) is 0. The van der Waals surface area contributed by atoms with E-state index in [4.69, 9.17) is 9.47 Å². The van der Waals surface area contributed by atoms with E-state index in [0.717, 1.165) is 26.0 Å². The highest BCUT2D eigenvalue weighted by Gasteiger charge is 2.33. The Bertz CT molecular complexity index is 244. The first-order valence-corrected chi connectivity index (χ1v) is 7.46. The van der Waals surface area contributed by atoms with Crippen molar-refractivity contribution < 1.29 is 14.3 Å². The largest absolute Gasteiger partial charge is 0.465 e. The first-order chi connectivity index (χ1) is 8.96. The molecule has 0 aromatic carbocycles. The molecule has 19 heavy (non-hydrogen) atoms. The molecule has 0 aliphatic carbocycles. The molecular formula is C15H31NO3. The first kappa shape index (κ1) is 18.4. The predicted molar refractivity (Wildman–Crippen MR) is 78.2 cm³/mol. The van der Waals surface area contributed by atoms with Crippen molar-refractivity contribution in [3.8, 4) is 0 Å². The Labute approximate surface area is 118 Å². The molecule has 1 atom stereocenters. The van der Waals surface area contributed by atoms with Crippen LogP contribution < -0.4 is 5.32 Å². The van der Waals surface area contributed by atoms with Crippen LogP contribution in [0.5, 0.6) is 0 Å². The van der Waals surface area contributed by atoms with E-state index in [0.29, 0.717) is 25.6 Å². The summed E-state index contributed by atoms with van der Waals surface area (Å²) in [4.78, 5) is 12.0. The van der Waals surface area contributed by atoms with E-state index < -0.39 is 5.54 Å². The fourth-order valence-corrected chi connectivity index (χ4v) is 1.65. The molecule has 0 radical (unpaired) electrons. The minimum absolute atomic E-state index is 0.184. The van der Waals surface area contributed by atoms with Crippen LogP contribution in [0, 0.1) is 5.92 Å². The minimum Gasteiger partial charge on any atom is -0.465 e. The predicted octanol–water partition coefficient (Wildman–Crippen LogP) is 2.76. The van der Waals surface area contributed by atoms with Gasteiger partial charge in [-0.1, -0.05) is 20.8 Å². The van der Waals surface area contributed by atoms with Crippen LogP contribution in [0.3, 0.4) is 0 Å². The molecule has 4 nitrogen and oxygen atoms in total. The Kier molecular flexibility index (Phi) is 9.88. The van der Waals surface area contributed by atoms with E-state index in [2.05, 4.69) is 26.1 Å². The summed E-state index contributed by atoms with van der Waals surface area (Å²) in [5, 5.41) is 3.28. The molecule has 0 rings (SSSR count). The van der Waals surface area contributed by atoms with Crippen LogP contribution >= 0.6 is 0 Å². The van der Waals surface area contributed by atoms with E-state index in [1.807, 2.05) is 13.8 Å². The molecule has 4 heteroatoms. The lowest BCUT2D eigenvalue weighted by atomic mass is 9.98. The molecule has 1 unspecified atom stereocenters. The number of rotatable bonds is 11. The van der Waals surface area contributed by atoms with Gasteiger partial charge in [0.1, 0.15) is 5.54 Å². The second kappa shape index (κ2) is 10.2. The van der Waals surface area contributed by atoms with Crippen molar-refractivity contribution in [3.63, 3.8) is 0 Å². The Morgan fingerprint density at radius 3 is 2.47 bits per heavy atom. The zero-order valence-electron chi connectivity index (χ0n) is 13.3. The van der Waals surface area contributed by atoms with E-state index in [9.17, 15) is 4.79 Å². The fourth-order valence-electron chi connectivity index (χ4n) is 1.65. The van der Waals surface area contributed by atoms with Gasteiger partial charge in [-0.3, -0.25) is 4.79 Å². The minimum atomic E-state index is -0.635. The number of hydrogen-bond acceptors (Lipinski definition) is 4. The average Bonchev–Trinajstić information content (AvgIpc) is 2.36. The lowest BCUT2D eigenvalue weighted by molar-refractivity contribution is -0.151. The Hall–Kier alpha value is -0.610. The summed E-state index contributed by atoms with van der Waals surface area (Å²) in [6.45, 7) is 12.7. The van der Waals surface area contributed by atoms with Crippen molar-refractivity contribution >= 4 is 5.97 Å². The molecule has 1 N–H and O–H groups in total. The number of hydrogen-bond donors (Lipinski definition) is 1. The second-order valence-electron chi connectivity index (χ2n) is 5.52. The SMILES string of the molecule is CCCNC(C)(CCOCCC(C)C)C(=O)OCC. The summed E-state index contributed by atoms with van der Waals surface area (Å²) in [5.74, 6) is 0.463. The van der Waals surface area contributed by atoms with Crippen LogP contribution in [-0.2, 0) is 14.3 Å². The van der Waals surface area contributed by atoms with Crippen molar-refractivity contribution in [2.24, 2.45) is 5.92 Å². The monoisotopic (exact) mass is 273 g/mol. The van der Waals surface area contributed by atoms with E-state index in [1.54, 1.807) is 0 Å². The molecule has 0 bridgehead atoms. The van der Waals surface area contributed by atoms with Crippen molar-refractivity contribution in [2.45, 2.75) is 59.4 Å². The molecule has 0 saturated carbocycles.